The van der Waals surface area contributed by atoms with E-state index in [1.165, 1.54) is 22.2 Å². The topological polar surface area (TPSA) is 373 Å². The minimum Gasteiger partial charge on any atom is -0.441 e. The van der Waals surface area contributed by atoms with Crippen molar-refractivity contribution in [1.82, 2.24) is 111 Å². The van der Waals surface area contributed by atoms with Crippen LogP contribution in [0.1, 0.15) is 126 Å². The van der Waals surface area contributed by atoms with Crippen LogP contribution in [0.15, 0.2) is 164 Å². The maximum Gasteiger partial charge on any atom is 0.275 e. The van der Waals surface area contributed by atoms with Crippen molar-refractivity contribution in [2.75, 3.05) is 123 Å². The summed E-state index contributed by atoms with van der Waals surface area (Å²) >= 11 is 6.40. The molecular weight excluding hydrogens is 1660 g/mol. The fourth-order valence-corrected chi connectivity index (χ4v) is 19.0. The summed E-state index contributed by atoms with van der Waals surface area (Å²) in [4.78, 5) is 105. The van der Waals surface area contributed by atoms with Crippen LogP contribution in [0, 0.1) is 48.5 Å². The number of aliphatic hydroxyl groups is 4. The molecule has 0 radical (unpaired) electrons. The number of hydrogen-bond acceptors (Lipinski definition) is 27. The summed E-state index contributed by atoms with van der Waals surface area (Å²) in [5, 5.41) is 51.3. The lowest BCUT2D eigenvalue weighted by molar-refractivity contribution is -0.0712. The number of pyridine rings is 3. The summed E-state index contributed by atoms with van der Waals surface area (Å²) in [5.74, 6) is 1.69. The third-order valence-electron chi connectivity index (χ3n) is 25.6. The summed E-state index contributed by atoms with van der Waals surface area (Å²) in [5.41, 5.74) is 20.2. The molecule has 21 rings (SSSR count). The zero-order valence-corrected chi connectivity index (χ0v) is 74.2. The summed E-state index contributed by atoms with van der Waals surface area (Å²) in [6.07, 6.45) is 22.8. The molecular formula is C94H105ClN24O10. The SMILES string of the molecule is Cc1cn2cc(-c3cc(=O)n4cc(C5CCN(CCO)CC5)ncc4n3)cc(Cl)c2n1.Cc1cn2nc(-c3cc(=O)n4cc(C5CCN(C6COC6)CC5)ccc4n3)cc2c(C)n1.Cc1cn2nc(-c3cc(=O)n4cc(N5CCC(N(CCO)CCO)CC5)cc(C)c4n3)cc2c(C)n1.Cc1nc2ccc(-c3cc(=O)n4nc(C5CCN(CCO)CC5)ccc4n3)cc2o1. The smallest absolute Gasteiger partial charge is 0.275 e. The van der Waals surface area contributed by atoms with Crippen LogP contribution in [0.3, 0.4) is 0 Å². The fourth-order valence-electron chi connectivity index (χ4n) is 18.7. The van der Waals surface area contributed by atoms with Crippen molar-refractivity contribution in [3.8, 4) is 45.3 Å². The quantitative estimate of drug-likeness (QED) is 0.0622. The maximum absolute atomic E-state index is 13.2. The predicted octanol–water partition coefficient (Wildman–Crippen LogP) is 9.10. The van der Waals surface area contributed by atoms with Gasteiger partial charge in [0.2, 0.25) is 0 Å². The number of aliphatic hydroxyl groups excluding tert-OH is 4. The number of β-amino-alcohol motifs (C(OH)–C–C–N with tert-alkyl or cyclic N) is 2. The zero-order valence-electron chi connectivity index (χ0n) is 73.4. The van der Waals surface area contributed by atoms with Gasteiger partial charge >= 0.3 is 0 Å². The fraction of sp³-hybridized carbons (Fsp3) is 0.404. The molecule has 15 aromatic heterocycles. The molecule has 35 heteroatoms. The molecule has 5 aliphatic heterocycles. The van der Waals surface area contributed by atoms with Crippen LogP contribution in [0.4, 0.5) is 5.69 Å². The van der Waals surface area contributed by atoms with Gasteiger partial charge in [-0.15, -0.1) is 0 Å². The molecule has 4 N–H and O–H groups in total. The van der Waals surface area contributed by atoms with Gasteiger partial charge in [-0.05, 0) is 204 Å². The summed E-state index contributed by atoms with van der Waals surface area (Å²) < 4.78 is 22.6. The van der Waals surface area contributed by atoms with Crippen molar-refractivity contribution in [1.29, 1.82) is 0 Å². The van der Waals surface area contributed by atoms with Gasteiger partial charge in [0.15, 0.2) is 28.4 Å². The molecule has 129 heavy (non-hydrogen) atoms. The lowest BCUT2D eigenvalue weighted by atomic mass is 9.89. The molecule has 34 nitrogen and oxygen atoms in total. The Morgan fingerprint density at radius 1 is 0.457 bits per heavy atom. The van der Waals surface area contributed by atoms with E-state index in [0.29, 0.717) is 135 Å². The number of nitrogens with zero attached hydrogens (tertiary/aromatic N) is 24. The second kappa shape index (κ2) is 37.8. The highest BCUT2D eigenvalue weighted by molar-refractivity contribution is 6.33. The van der Waals surface area contributed by atoms with Crippen LogP contribution >= 0.6 is 11.6 Å². The molecule has 0 spiro atoms. The number of imidazole rings is 1. The molecule has 0 unspecified atom stereocenters. The van der Waals surface area contributed by atoms with Gasteiger partial charge in [-0.2, -0.15) is 19.8 Å². The van der Waals surface area contributed by atoms with Crippen LogP contribution in [0.5, 0.6) is 0 Å². The molecule has 0 atom stereocenters. The van der Waals surface area contributed by atoms with E-state index in [2.05, 4.69) is 86.8 Å². The first kappa shape index (κ1) is 87.3. The lowest BCUT2D eigenvalue weighted by Gasteiger charge is -2.41. The number of piperidine rings is 4. The van der Waals surface area contributed by atoms with Crippen molar-refractivity contribution in [3.05, 3.63) is 244 Å². The number of benzene rings is 1. The van der Waals surface area contributed by atoms with Crippen molar-refractivity contribution in [2.45, 2.75) is 130 Å². The maximum atomic E-state index is 13.2. The first-order valence-electron chi connectivity index (χ1n) is 44.3. The number of aromatic nitrogens is 19. The van der Waals surface area contributed by atoms with E-state index in [0.717, 1.165) is 196 Å². The van der Waals surface area contributed by atoms with E-state index in [1.807, 2.05) is 142 Å². The minimum absolute atomic E-state index is 0.0843. The van der Waals surface area contributed by atoms with Crippen molar-refractivity contribution >= 4 is 67.7 Å². The summed E-state index contributed by atoms with van der Waals surface area (Å²) in [7, 11) is 0. The average Bonchev–Trinajstić information content (AvgIpc) is 1.67. The van der Waals surface area contributed by atoms with Gasteiger partial charge in [-0.25, -0.2) is 38.9 Å². The van der Waals surface area contributed by atoms with Crippen molar-refractivity contribution in [2.24, 2.45) is 0 Å². The average molecular weight is 1770 g/mol. The Morgan fingerprint density at radius 3 is 1.67 bits per heavy atom. The first-order valence-corrected chi connectivity index (χ1v) is 44.7. The number of rotatable bonds is 18. The van der Waals surface area contributed by atoms with Gasteiger partial charge in [0.1, 0.15) is 28.2 Å². The second-order valence-electron chi connectivity index (χ2n) is 34.4. The third kappa shape index (κ3) is 18.8. The monoisotopic (exact) mass is 1760 g/mol. The molecule has 5 saturated heterocycles. The van der Waals surface area contributed by atoms with Crippen molar-refractivity contribution in [3.63, 3.8) is 0 Å². The molecule has 0 bridgehead atoms. The number of likely N-dealkylation sites (tertiary alicyclic amines) is 3. The molecule has 0 amide bonds. The standard InChI is InChI=1S/C26H33N7O3.C24H26N6O2.C22H23ClN6O2.C22H23N5O3/c1-17-12-21(30-6-4-20(5-7-30)31(8-10-34)9-11-35)16-32-25(36)14-22(28-26(17)32)23-13-24-19(3)27-18(2)15-33(24)29-23;1-15-11-30-22(16(2)25-15)9-21(27-30)20-10-24(31)29-12-18(3-4-23(29)26-20)17-5-7-28(8-6-17)19-13-32-14-19;1-14-11-28-12-16(8-17(23)22(28)25-14)18-9-21(31)29-13-19(24-10-20(29)26-18)15-2-4-27(5-3-15)6-7-30;1-14-23-18-3-2-16(12-20(18)30-14)19-13-22(29)27-21(24-19)5-4-17(25-27)15-6-8-26(9-7-15)10-11-28/h12-16,20,34-35H,4-11H2,1-3H3;3-4,9-12,17,19H,5-8,13-14H2,1-2H3;8-13,15,30H,2-7H2,1H3;2-5,12-13,15,28H,6-11H2,1H3. The Morgan fingerprint density at radius 2 is 1.03 bits per heavy atom. The zero-order chi connectivity index (χ0) is 89.4. The Bertz CT molecular complexity index is 7100. The molecule has 16 aromatic rings. The van der Waals surface area contributed by atoms with Crippen LogP contribution in [0.2, 0.25) is 5.02 Å². The van der Waals surface area contributed by atoms with Gasteiger partial charge in [-0.1, -0.05) is 23.7 Å². The molecule has 1 aromatic carbocycles. The number of halogens is 1. The van der Waals surface area contributed by atoms with Crippen molar-refractivity contribution < 1.29 is 29.6 Å². The third-order valence-corrected chi connectivity index (χ3v) is 25.9. The number of fused-ring (bicyclic) bond motifs is 8. The molecule has 20 heterocycles. The van der Waals surface area contributed by atoms with Gasteiger partial charge < -0.3 is 48.7 Å². The molecule has 0 aliphatic carbocycles. The second-order valence-corrected chi connectivity index (χ2v) is 34.8. The molecule has 5 aliphatic rings. The molecule has 0 saturated carbocycles. The highest BCUT2D eigenvalue weighted by Gasteiger charge is 2.32. The highest BCUT2D eigenvalue weighted by Crippen LogP contribution is 2.35. The highest BCUT2D eigenvalue weighted by atomic mass is 35.5. The Kier molecular flexibility index (Phi) is 25.6. The normalized spacial score (nSPS) is 16.3. The van der Waals surface area contributed by atoms with Crippen LogP contribution in [0.25, 0.3) is 95.7 Å². The molecule has 5 fully saturated rings. The van der Waals surface area contributed by atoms with Gasteiger partial charge in [0.25, 0.3) is 22.2 Å². The van der Waals surface area contributed by atoms with Crippen LogP contribution in [-0.2, 0) is 4.74 Å². The minimum atomic E-state index is -0.205. The number of aryl methyl sites for hydroxylation is 7. The predicted molar refractivity (Wildman–Crippen MR) is 491 cm³/mol. The Balaban J connectivity index is 0.000000116. The van der Waals surface area contributed by atoms with Crippen LogP contribution < -0.4 is 27.1 Å². The largest absolute Gasteiger partial charge is 0.441 e. The number of hydrogen-bond donors (Lipinski definition) is 4. The first-order chi connectivity index (χ1) is 62.5. The number of anilines is 1. The van der Waals surface area contributed by atoms with E-state index in [1.54, 1.807) is 49.0 Å². The van der Waals surface area contributed by atoms with Gasteiger partial charge in [0, 0.05) is 130 Å². The molecule has 668 valence electrons. The van der Waals surface area contributed by atoms with Gasteiger partial charge in [-0.3, -0.25) is 57.1 Å². The Labute approximate surface area is 746 Å². The Hall–Kier alpha value is -12.4. The van der Waals surface area contributed by atoms with Gasteiger partial charge in [0.05, 0.1) is 149 Å². The lowest BCUT2D eigenvalue weighted by Crippen LogP contribution is -2.51. The van der Waals surface area contributed by atoms with E-state index in [4.69, 9.17) is 40.9 Å². The summed E-state index contributed by atoms with van der Waals surface area (Å²) in [6.45, 7) is 25.9. The number of oxazole rings is 1. The number of ether oxygens (including phenoxy) is 1. The van der Waals surface area contributed by atoms with E-state index in [-0.39, 0.29) is 48.7 Å². The van der Waals surface area contributed by atoms with E-state index < -0.39 is 0 Å². The van der Waals surface area contributed by atoms with E-state index >= 15 is 0 Å². The summed E-state index contributed by atoms with van der Waals surface area (Å²) in [6, 6.07) is 28.4. The van der Waals surface area contributed by atoms with Crippen LogP contribution in [-0.4, -0.2) is 262 Å². The van der Waals surface area contributed by atoms with E-state index in [9.17, 15) is 29.4 Å².